The molecule has 27 heavy (non-hydrogen) atoms. The van der Waals surface area contributed by atoms with Crippen molar-refractivity contribution in [1.29, 1.82) is 0 Å². The van der Waals surface area contributed by atoms with Crippen LogP contribution in [0.1, 0.15) is 22.7 Å². The Bertz CT molecular complexity index is 855. The molecule has 0 saturated carbocycles. The Morgan fingerprint density at radius 3 is 2.48 bits per heavy atom. The summed E-state index contributed by atoms with van der Waals surface area (Å²) in [7, 11) is -2.07. The minimum atomic E-state index is -3.50. The van der Waals surface area contributed by atoms with Gasteiger partial charge in [0.25, 0.3) is 0 Å². The zero-order chi connectivity index (χ0) is 19.9. The lowest BCUT2D eigenvalue weighted by Gasteiger charge is -2.25. The molecular formula is C20H26N2O3S2. The number of hydrogen-bond donors (Lipinski definition) is 1. The molecule has 0 aliphatic heterocycles. The fraction of sp³-hybridized carbons (Fsp3) is 0.350. The van der Waals surface area contributed by atoms with Gasteiger partial charge in [-0.25, -0.2) is 8.42 Å². The molecule has 0 saturated heterocycles. The van der Waals surface area contributed by atoms with Crippen LogP contribution in [-0.4, -0.2) is 44.2 Å². The van der Waals surface area contributed by atoms with Crippen LogP contribution in [0.5, 0.6) is 0 Å². The number of aryl methyl sites for hydroxylation is 1. The van der Waals surface area contributed by atoms with Crippen LogP contribution < -0.4 is 5.32 Å². The highest BCUT2D eigenvalue weighted by Crippen LogP contribution is 2.22. The maximum Gasteiger partial charge on any atom is 0.243 e. The van der Waals surface area contributed by atoms with E-state index in [1.165, 1.54) is 18.2 Å². The molecule has 0 aliphatic rings. The third-order valence-electron chi connectivity index (χ3n) is 4.15. The zero-order valence-corrected chi connectivity index (χ0v) is 17.5. The molecule has 5 nitrogen and oxygen atoms in total. The average molecular weight is 407 g/mol. The molecule has 2 aromatic carbocycles. The number of benzene rings is 2. The first-order valence-corrected chi connectivity index (χ1v) is 11.7. The monoisotopic (exact) mass is 406 g/mol. The Hall–Kier alpha value is -1.83. The van der Waals surface area contributed by atoms with Gasteiger partial charge in [-0.2, -0.15) is 16.1 Å². The summed E-state index contributed by atoms with van der Waals surface area (Å²) in [6, 6.07) is 16.4. The summed E-state index contributed by atoms with van der Waals surface area (Å²) in [6.45, 7) is 2.55. The van der Waals surface area contributed by atoms with Crippen LogP contribution in [0.15, 0.2) is 54.6 Å². The normalized spacial score (nSPS) is 12.7. The molecular weight excluding hydrogens is 380 g/mol. The van der Waals surface area contributed by atoms with Gasteiger partial charge in [-0.3, -0.25) is 4.79 Å². The summed E-state index contributed by atoms with van der Waals surface area (Å²) >= 11 is 1.73. The van der Waals surface area contributed by atoms with Gasteiger partial charge in [0.1, 0.15) is 6.04 Å². The van der Waals surface area contributed by atoms with Crippen LogP contribution in [0, 0.1) is 6.92 Å². The molecule has 1 amide bonds. The van der Waals surface area contributed by atoms with E-state index in [9.17, 15) is 13.2 Å². The van der Waals surface area contributed by atoms with Crippen molar-refractivity contribution in [1.82, 2.24) is 9.62 Å². The second-order valence-electron chi connectivity index (χ2n) is 6.43. The first-order chi connectivity index (χ1) is 12.8. The molecule has 146 valence electrons. The van der Waals surface area contributed by atoms with Crippen molar-refractivity contribution in [3.8, 4) is 0 Å². The van der Waals surface area contributed by atoms with E-state index in [4.69, 9.17) is 0 Å². The smallest absolute Gasteiger partial charge is 0.243 e. The van der Waals surface area contributed by atoms with Crippen LogP contribution in [0.2, 0.25) is 0 Å². The standard InChI is InChI=1S/C20H26N2O3S2/c1-16-8-7-9-17(14-16)15-26-13-12-21-20(23)19(22(2)27(3,24)25)18-10-5-4-6-11-18/h4-11,14,19H,12-13,15H2,1-3H3,(H,21,23). The SMILES string of the molecule is Cc1cccc(CSCCNC(=O)C(c2ccccc2)N(C)S(C)(=O)=O)c1. The largest absolute Gasteiger partial charge is 0.354 e. The van der Waals surface area contributed by atoms with Crippen LogP contribution in [0.4, 0.5) is 0 Å². The highest BCUT2D eigenvalue weighted by Gasteiger charge is 2.30. The lowest BCUT2D eigenvalue weighted by molar-refractivity contribution is -0.124. The quantitative estimate of drug-likeness (QED) is 0.650. The molecule has 0 spiro atoms. The molecule has 2 rings (SSSR count). The predicted octanol–water partition coefficient (Wildman–Crippen LogP) is 2.98. The fourth-order valence-corrected chi connectivity index (χ4v) is 4.09. The first kappa shape index (κ1) is 21.5. The highest BCUT2D eigenvalue weighted by atomic mass is 32.2. The van der Waals surface area contributed by atoms with Crippen LogP contribution in [0.3, 0.4) is 0 Å². The Balaban J connectivity index is 1.92. The van der Waals surface area contributed by atoms with Gasteiger partial charge in [0.05, 0.1) is 6.26 Å². The minimum absolute atomic E-state index is 0.315. The van der Waals surface area contributed by atoms with Crippen molar-refractivity contribution in [3.63, 3.8) is 0 Å². The third-order valence-corrected chi connectivity index (χ3v) is 6.43. The van der Waals surface area contributed by atoms with Crippen molar-refractivity contribution in [2.24, 2.45) is 0 Å². The number of nitrogens with zero attached hydrogens (tertiary/aromatic N) is 1. The average Bonchev–Trinajstić information content (AvgIpc) is 2.62. The van der Waals surface area contributed by atoms with Crippen LogP contribution in [0.25, 0.3) is 0 Å². The number of rotatable bonds is 9. The van der Waals surface area contributed by atoms with E-state index in [0.29, 0.717) is 12.1 Å². The van der Waals surface area contributed by atoms with Gasteiger partial charge in [0.15, 0.2) is 0 Å². The van der Waals surface area contributed by atoms with Crippen molar-refractivity contribution >= 4 is 27.7 Å². The van der Waals surface area contributed by atoms with E-state index in [2.05, 4.69) is 30.4 Å². The molecule has 2 aromatic rings. The van der Waals surface area contributed by atoms with E-state index in [1.807, 2.05) is 12.1 Å². The van der Waals surface area contributed by atoms with Crippen molar-refractivity contribution in [3.05, 3.63) is 71.3 Å². The maximum atomic E-state index is 12.7. The molecule has 1 N–H and O–H groups in total. The van der Waals surface area contributed by atoms with Crippen LogP contribution >= 0.6 is 11.8 Å². The molecule has 0 radical (unpaired) electrons. The summed E-state index contributed by atoms with van der Waals surface area (Å²) in [5, 5.41) is 2.87. The van der Waals surface area contributed by atoms with E-state index in [0.717, 1.165) is 22.1 Å². The highest BCUT2D eigenvalue weighted by molar-refractivity contribution is 7.98. The van der Waals surface area contributed by atoms with Crippen molar-refractivity contribution in [2.75, 3.05) is 25.6 Å². The number of carbonyl (C=O) groups is 1. The van der Waals surface area contributed by atoms with Gasteiger partial charge in [-0.15, -0.1) is 0 Å². The summed E-state index contributed by atoms with van der Waals surface area (Å²) in [6.07, 6.45) is 1.11. The lowest BCUT2D eigenvalue weighted by atomic mass is 10.1. The molecule has 0 heterocycles. The molecule has 0 bridgehead atoms. The van der Waals surface area contributed by atoms with Crippen molar-refractivity contribution in [2.45, 2.75) is 18.7 Å². The number of hydrogen-bond acceptors (Lipinski definition) is 4. The second kappa shape index (κ2) is 9.92. The van der Waals surface area contributed by atoms with Gasteiger partial charge >= 0.3 is 0 Å². The van der Waals surface area contributed by atoms with E-state index < -0.39 is 16.1 Å². The predicted molar refractivity (Wildman–Crippen MR) is 112 cm³/mol. The second-order valence-corrected chi connectivity index (χ2v) is 9.57. The Morgan fingerprint density at radius 2 is 1.85 bits per heavy atom. The van der Waals surface area contributed by atoms with Gasteiger partial charge in [-0.1, -0.05) is 60.2 Å². The fourth-order valence-electron chi connectivity index (χ4n) is 2.69. The molecule has 7 heteroatoms. The van der Waals surface area contributed by atoms with E-state index in [-0.39, 0.29) is 5.91 Å². The summed E-state index contributed by atoms with van der Waals surface area (Å²) in [4.78, 5) is 12.7. The zero-order valence-electron chi connectivity index (χ0n) is 15.9. The van der Waals surface area contributed by atoms with Gasteiger partial charge < -0.3 is 5.32 Å². The van der Waals surface area contributed by atoms with Crippen molar-refractivity contribution < 1.29 is 13.2 Å². The number of carbonyl (C=O) groups excluding carboxylic acids is 1. The number of thioether (sulfide) groups is 1. The van der Waals surface area contributed by atoms with E-state index in [1.54, 1.807) is 36.0 Å². The first-order valence-electron chi connectivity index (χ1n) is 8.68. The number of sulfonamides is 1. The molecule has 0 aromatic heterocycles. The summed E-state index contributed by atoms with van der Waals surface area (Å²) < 4.78 is 25.0. The molecule has 1 atom stereocenters. The van der Waals surface area contributed by atoms with Gasteiger partial charge in [0, 0.05) is 25.1 Å². The molecule has 1 unspecified atom stereocenters. The Labute approximate surface area is 166 Å². The van der Waals surface area contributed by atoms with Gasteiger partial charge in [0.2, 0.25) is 15.9 Å². The third kappa shape index (κ3) is 6.68. The lowest BCUT2D eigenvalue weighted by Crippen LogP contribution is -2.41. The molecule has 0 fully saturated rings. The number of nitrogens with one attached hydrogen (secondary N) is 1. The maximum absolute atomic E-state index is 12.7. The number of likely N-dealkylation sites (N-methyl/N-ethyl adjacent to an activating group) is 1. The summed E-state index contributed by atoms with van der Waals surface area (Å²) in [5.74, 6) is 1.32. The Kier molecular flexibility index (Phi) is 7.89. The Morgan fingerprint density at radius 1 is 1.15 bits per heavy atom. The molecule has 0 aliphatic carbocycles. The summed E-state index contributed by atoms with van der Waals surface area (Å²) in [5.41, 5.74) is 3.14. The van der Waals surface area contributed by atoms with Gasteiger partial charge in [-0.05, 0) is 18.1 Å². The number of amides is 1. The topological polar surface area (TPSA) is 66.5 Å². The van der Waals surface area contributed by atoms with Crippen LogP contribution in [-0.2, 0) is 20.6 Å². The van der Waals surface area contributed by atoms with E-state index >= 15 is 0 Å². The minimum Gasteiger partial charge on any atom is -0.354 e.